The minimum Gasteiger partial charge on any atom is -0.355 e. The SMILES string of the molecule is CN(c1ncnc2c(-c3ccc(S(C)(=O)=O)cc3)csc12)C1CCN(c2ncc(F)cn2)CC1. The van der Waals surface area contributed by atoms with Crippen molar-refractivity contribution < 1.29 is 12.8 Å². The van der Waals surface area contributed by atoms with E-state index in [2.05, 4.69) is 36.8 Å². The summed E-state index contributed by atoms with van der Waals surface area (Å²) >= 11 is 1.59. The van der Waals surface area contributed by atoms with E-state index < -0.39 is 15.7 Å². The number of nitrogens with zero attached hydrogens (tertiary/aromatic N) is 6. The summed E-state index contributed by atoms with van der Waals surface area (Å²) in [5.74, 6) is 0.995. The number of anilines is 2. The fourth-order valence-electron chi connectivity index (χ4n) is 4.27. The first-order valence-corrected chi connectivity index (χ1v) is 13.6. The van der Waals surface area contributed by atoms with Crippen LogP contribution in [0.15, 0.2) is 53.3 Å². The lowest BCUT2D eigenvalue weighted by molar-refractivity contribution is 0.475. The van der Waals surface area contributed by atoms with Gasteiger partial charge in [0.1, 0.15) is 12.1 Å². The highest BCUT2D eigenvalue weighted by molar-refractivity contribution is 7.90. The zero-order chi connectivity index (χ0) is 23.9. The quantitative estimate of drug-likeness (QED) is 0.410. The van der Waals surface area contributed by atoms with Crippen molar-refractivity contribution in [1.29, 1.82) is 0 Å². The topological polar surface area (TPSA) is 92.2 Å². The Morgan fingerprint density at radius 1 is 1.06 bits per heavy atom. The van der Waals surface area contributed by atoms with Crippen LogP contribution in [-0.2, 0) is 9.84 Å². The minimum absolute atomic E-state index is 0.286. The number of fused-ring (bicyclic) bond motifs is 1. The summed E-state index contributed by atoms with van der Waals surface area (Å²) < 4.78 is 37.7. The highest BCUT2D eigenvalue weighted by Crippen LogP contribution is 2.38. The van der Waals surface area contributed by atoms with Crippen LogP contribution in [0.2, 0.25) is 0 Å². The van der Waals surface area contributed by atoms with Crippen molar-refractivity contribution in [2.24, 2.45) is 0 Å². The molecule has 0 aliphatic carbocycles. The highest BCUT2D eigenvalue weighted by atomic mass is 32.2. The van der Waals surface area contributed by atoms with Crippen molar-refractivity contribution in [3.63, 3.8) is 0 Å². The highest BCUT2D eigenvalue weighted by Gasteiger charge is 2.26. The van der Waals surface area contributed by atoms with Gasteiger partial charge in [-0.25, -0.2) is 32.7 Å². The molecular weight excluding hydrogens is 475 g/mol. The van der Waals surface area contributed by atoms with Gasteiger partial charge in [-0.05, 0) is 30.5 Å². The van der Waals surface area contributed by atoms with Crippen LogP contribution in [-0.4, -0.2) is 60.8 Å². The maximum atomic E-state index is 13.1. The average molecular weight is 499 g/mol. The zero-order valence-corrected chi connectivity index (χ0v) is 20.4. The first-order chi connectivity index (χ1) is 16.3. The Balaban J connectivity index is 1.36. The molecule has 0 amide bonds. The van der Waals surface area contributed by atoms with Crippen molar-refractivity contribution >= 4 is 43.2 Å². The number of piperidine rings is 1. The Hall–Kier alpha value is -3.18. The summed E-state index contributed by atoms with van der Waals surface area (Å²) in [6.07, 6.45) is 6.97. The lowest BCUT2D eigenvalue weighted by atomic mass is 10.0. The molecule has 1 fully saturated rings. The summed E-state index contributed by atoms with van der Waals surface area (Å²) in [6, 6.07) is 7.17. The standard InChI is InChI=1S/C23H23FN6O2S2/c1-29(17-7-9-30(10-8-17)23-25-11-16(24)12-26-23)22-21-20(27-14-28-22)19(13-33-21)15-3-5-18(6-4-15)34(2,31)32/h3-6,11-14,17H,7-10H2,1-2H3. The van der Waals surface area contributed by atoms with Gasteiger partial charge in [0.2, 0.25) is 5.95 Å². The number of hydrogen-bond donors (Lipinski definition) is 0. The number of benzene rings is 1. The molecule has 4 heterocycles. The smallest absolute Gasteiger partial charge is 0.225 e. The van der Waals surface area contributed by atoms with Crippen LogP contribution < -0.4 is 9.80 Å². The second-order valence-electron chi connectivity index (χ2n) is 8.35. The molecule has 0 atom stereocenters. The van der Waals surface area contributed by atoms with Gasteiger partial charge in [-0.3, -0.25) is 0 Å². The molecular formula is C23H23FN6O2S2. The largest absolute Gasteiger partial charge is 0.355 e. The second kappa shape index (κ2) is 8.88. The number of rotatable bonds is 5. The van der Waals surface area contributed by atoms with Crippen molar-refractivity contribution in [1.82, 2.24) is 19.9 Å². The molecule has 1 aliphatic heterocycles. The Labute approximate surface area is 201 Å². The molecule has 0 radical (unpaired) electrons. The van der Waals surface area contributed by atoms with E-state index in [0.29, 0.717) is 10.8 Å². The molecule has 34 heavy (non-hydrogen) atoms. The molecule has 0 unspecified atom stereocenters. The summed E-state index contributed by atoms with van der Waals surface area (Å²) in [5, 5.41) is 2.04. The molecule has 1 aromatic carbocycles. The third-order valence-corrected chi connectivity index (χ3v) is 8.26. The molecule has 0 bridgehead atoms. The van der Waals surface area contributed by atoms with Gasteiger partial charge in [-0.1, -0.05) is 12.1 Å². The number of hydrogen-bond acceptors (Lipinski definition) is 9. The van der Waals surface area contributed by atoms with Gasteiger partial charge in [0.05, 0.1) is 27.5 Å². The molecule has 11 heteroatoms. The van der Waals surface area contributed by atoms with Gasteiger partial charge in [0.25, 0.3) is 0 Å². The van der Waals surface area contributed by atoms with Crippen LogP contribution in [0.1, 0.15) is 12.8 Å². The molecule has 0 N–H and O–H groups in total. The van der Waals surface area contributed by atoms with Crippen LogP contribution in [0.25, 0.3) is 21.3 Å². The summed E-state index contributed by atoms with van der Waals surface area (Å²) in [4.78, 5) is 21.9. The van der Waals surface area contributed by atoms with Crippen LogP contribution in [0.4, 0.5) is 16.2 Å². The molecule has 5 rings (SSSR count). The van der Waals surface area contributed by atoms with E-state index in [1.165, 1.54) is 18.6 Å². The van der Waals surface area contributed by atoms with Crippen molar-refractivity contribution in [3.05, 3.63) is 54.2 Å². The first-order valence-electron chi connectivity index (χ1n) is 10.8. The van der Waals surface area contributed by atoms with Crippen LogP contribution in [0.3, 0.4) is 0 Å². The van der Waals surface area contributed by atoms with Crippen LogP contribution in [0, 0.1) is 5.82 Å². The molecule has 3 aromatic heterocycles. The normalized spacial score (nSPS) is 15.1. The van der Waals surface area contributed by atoms with Crippen molar-refractivity contribution in [2.45, 2.75) is 23.8 Å². The average Bonchev–Trinajstić information content (AvgIpc) is 3.28. The van der Waals surface area contributed by atoms with Gasteiger partial charge in [0.15, 0.2) is 15.7 Å². The number of sulfone groups is 1. The van der Waals surface area contributed by atoms with E-state index in [4.69, 9.17) is 0 Å². The van der Waals surface area contributed by atoms with E-state index in [1.807, 2.05) is 17.5 Å². The fraction of sp³-hybridized carbons (Fsp3) is 0.304. The molecule has 0 spiro atoms. The number of aromatic nitrogens is 4. The predicted molar refractivity (Wildman–Crippen MR) is 132 cm³/mol. The molecule has 1 saturated heterocycles. The molecule has 8 nitrogen and oxygen atoms in total. The Morgan fingerprint density at radius 3 is 2.38 bits per heavy atom. The summed E-state index contributed by atoms with van der Waals surface area (Å²) in [6.45, 7) is 1.55. The maximum absolute atomic E-state index is 13.1. The van der Waals surface area contributed by atoms with E-state index in [0.717, 1.165) is 53.1 Å². The molecule has 176 valence electrons. The van der Waals surface area contributed by atoms with Gasteiger partial charge in [0, 0.05) is 43.4 Å². The van der Waals surface area contributed by atoms with Crippen LogP contribution in [0.5, 0.6) is 0 Å². The van der Waals surface area contributed by atoms with Crippen molar-refractivity contribution in [3.8, 4) is 11.1 Å². The van der Waals surface area contributed by atoms with Gasteiger partial charge in [-0.15, -0.1) is 11.3 Å². The maximum Gasteiger partial charge on any atom is 0.225 e. The van der Waals surface area contributed by atoms with E-state index >= 15 is 0 Å². The third kappa shape index (κ3) is 4.32. The molecule has 0 saturated carbocycles. The lowest BCUT2D eigenvalue weighted by Gasteiger charge is -2.37. The second-order valence-corrected chi connectivity index (χ2v) is 11.2. The van der Waals surface area contributed by atoms with Crippen LogP contribution >= 0.6 is 11.3 Å². The Kier molecular flexibility index (Phi) is 5.90. The van der Waals surface area contributed by atoms with E-state index in [-0.39, 0.29) is 6.04 Å². The Bertz CT molecular complexity index is 1420. The number of thiophene rings is 1. The van der Waals surface area contributed by atoms with E-state index in [1.54, 1.807) is 29.8 Å². The molecule has 4 aromatic rings. The fourth-order valence-corrected chi connectivity index (χ4v) is 5.96. The predicted octanol–water partition coefficient (Wildman–Crippen LogP) is 3.80. The third-order valence-electron chi connectivity index (χ3n) is 6.16. The van der Waals surface area contributed by atoms with Gasteiger partial charge in [-0.2, -0.15) is 0 Å². The zero-order valence-electron chi connectivity index (χ0n) is 18.7. The minimum atomic E-state index is -3.24. The summed E-state index contributed by atoms with van der Waals surface area (Å²) in [5.41, 5.74) is 2.73. The van der Waals surface area contributed by atoms with E-state index in [9.17, 15) is 12.8 Å². The molecule has 1 aliphatic rings. The first kappa shape index (κ1) is 22.6. The summed E-state index contributed by atoms with van der Waals surface area (Å²) in [7, 11) is -1.19. The number of halogens is 1. The lowest BCUT2D eigenvalue weighted by Crippen LogP contribution is -2.44. The Morgan fingerprint density at radius 2 is 1.74 bits per heavy atom. The van der Waals surface area contributed by atoms with Gasteiger partial charge < -0.3 is 9.80 Å². The van der Waals surface area contributed by atoms with Gasteiger partial charge >= 0.3 is 0 Å². The monoisotopic (exact) mass is 498 g/mol. The van der Waals surface area contributed by atoms with Crippen molar-refractivity contribution in [2.75, 3.05) is 36.2 Å².